The zero-order valence-corrected chi connectivity index (χ0v) is 8.05. The Labute approximate surface area is 69.2 Å². The highest BCUT2D eigenvalue weighted by Gasteiger charge is 1.97. The first kappa shape index (κ1) is 10.9. The normalized spacial score (nSPS) is 10.7. The third kappa shape index (κ3) is 7.76. The van der Waals surface area contributed by atoms with E-state index in [4.69, 9.17) is 4.74 Å². The molecule has 0 aromatic rings. The minimum absolute atomic E-state index is 0.131. The van der Waals surface area contributed by atoms with Gasteiger partial charge in [0.2, 0.25) is 0 Å². The maximum absolute atomic E-state index is 10.6. The van der Waals surface area contributed by atoms with Gasteiger partial charge >= 0.3 is 5.97 Å². The molecule has 11 heavy (non-hydrogen) atoms. The predicted molar refractivity (Wildman–Crippen MR) is 46.3 cm³/mol. The maximum Gasteiger partial charge on any atom is 0.305 e. The average Bonchev–Trinajstić information content (AvgIpc) is 2.04. The molecule has 0 aromatic carbocycles. The molecule has 1 unspecified atom stereocenters. The van der Waals surface area contributed by atoms with Crippen LogP contribution in [0.3, 0.4) is 0 Å². The van der Waals surface area contributed by atoms with Gasteiger partial charge in [0.25, 0.3) is 0 Å². The monoisotopic (exact) mass is 178 g/mol. The molecule has 4 heteroatoms. The number of carbonyl (C=O) groups excluding carboxylic acids is 1. The number of methoxy groups -OCH3 is 1. The molecule has 0 aliphatic heterocycles. The fraction of sp³-hybridized carbons (Fsp3) is 0.857. The molecule has 0 aliphatic rings. The van der Waals surface area contributed by atoms with Crippen LogP contribution in [-0.4, -0.2) is 32.2 Å². The summed E-state index contributed by atoms with van der Waals surface area (Å²) in [5.41, 5.74) is 0. The van der Waals surface area contributed by atoms with Gasteiger partial charge in [-0.1, -0.05) is 8.58 Å². The van der Waals surface area contributed by atoms with Crippen molar-refractivity contribution in [1.29, 1.82) is 0 Å². The van der Waals surface area contributed by atoms with E-state index in [1.807, 2.05) is 6.92 Å². The van der Waals surface area contributed by atoms with Crippen molar-refractivity contribution in [2.75, 3.05) is 26.2 Å². The van der Waals surface area contributed by atoms with Crippen molar-refractivity contribution in [3.63, 3.8) is 0 Å². The van der Waals surface area contributed by atoms with Crippen molar-refractivity contribution >= 4 is 14.6 Å². The van der Waals surface area contributed by atoms with Crippen molar-refractivity contribution in [2.45, 2.75) is 13.3 Å². The molecule has 0 saturated heterocycles. The molecule has 0 heterocycles. The van der Waals surface area contributed by atoms with Crippen LogP contribution in [0.2, 0.25) is 0 Å². The van der Waals surface area contributed by atoms with Crippen molar-refractivity contribution in [3.05, 3.63) is 0 Å². The average molecular weight is 178 g/mol. The third-order valence-electron chi connectivity index (χ3n) is 1.14. The van der Waals surface area contributed by atoms with Crippen molar-refractivity contribution < 1.29 is 14.3 Å². The molecule has 0 aliphatic carbocycles. The molecule has 0 fully saturated rings. The summed E-state index contributed by atoms with van der Waals surface area (Å²) in [6.07, 6.45) is 2.17. The summed E-state index contributed by atoms with van der Waals surface area (Å²) >= 11 is 0. The van der Waals surface area contributed by atoms with Gasteiger partial charge in [-0.3, -0.25) is 4.79 Å². The highest BCUT2D eigenvalue weighted by molar-refractivity contribution is 7.37. The van der Waals surface area contributed by atoms with E-state index in [2.05, 4.69) is 4.74 Å². The van der Waals surface area contributed by atoms with Crippen LogP contribution >= 0.6 is 8.58 Å². The molecule has 0 N–H and O–H groups in total. The maximum atomic E-state index is 10.6. The molecule has 1 atom stereocenters. The van der Waals surface area contributed by atoms with Crippen molar-refractivity contribution in [3.8, 4) is 0 Å². The van der Waals surface area contributed by atoms with E-state index in [1.54, 1.807) is 0 Å². The van der Waals surface area contributed by atoms with Gasteiger partial charge in [-0.2, -0.15) is 0 Å². The minimum atomic E-state index is -0.131. The number of hydrogen-bond donors (Lipinski definition) is 0. The number of esters is 1. The second kappa shape index (κ2) is 7.96. The summed E-state index contributed by atoms with van der Waals surface area (Å²) in [6, 6.07) is 0. The first-order chi connectivity index (χ1) is 5.31. The number of hydrogen-bond acceptors (Lipinski definition) is 3. The molecule has 0 radical (unpaired) electrons. The molecule has 0 rings (SSSR count). The Morgan fingerprint density at radius 3 is 2.82 bits per heavy atom. The zero-order chi connectivity index (χ0) is 8.53. The molecule has 66 valence electrons. The van der Waals surface area contributed by atoms with Crippen molar-refractivity contribution in [2.24, 2.45) is 0 Å². The van der Waals surface area contributed by atoms with Crippen LogP contribution in [0.25, 0.3) is 0 Å². The topological polar surface area (TPSA) is 35.5 Å². The predicted octanol–water partition coefficient (Wildman–Crippen LogP) is 1.22. The third-order valence-corrected chi connectivity index (χ3v) is 2.15. The Balaban J connectivity index is 2.95. The molecular weight excluding hydrogens is 163 g/mol. The molecule has 0 bridgehead atoms. The van der Waals surface area contributed by atoms with Crippen LogP contribution in [0.15, 0.2) is 0 Å². The van der Waals surface area contributed by atoms with E-state index in [0.29, 0.717) is 15.0 Å². The van der Waals surface area contributed by atoms with E-state index in [-0.39, 0.29) is 5.97 Å². The molecule has 0 saturated carbocycles. The lowest BCUT2D eigenvalue weighted by atomic mass is 10.5. The lowest BCUT2D eigenvalue weighted by molar-refractivity contribution is -0.140. The Hall–Kier alpha value is -0.140. The van der Waals surface area contributed by atoms with E-state index < -0.39 is 0 Å². The Kier molecular flexibility index (Phi) is 7.86. The van der Waals surface area contributed by atoms with Gasteiger partial charge in [0.15, 0.2) is 0 Å². The van der Waals surface area contributed by atoms with Gasteiger partial charge in [0.1, 0.15) is 0 Å². The number of carbonyl (C=O) groups is 1. The second-order valence-corrected chi connectivity index (χ2v) is 3.25. The molecule has 0 spiro atoms. The van der Waals surface area contributed by atoms with Gasteiger partial charge in [0, 0.05) is 13.0 Å². The van der Waals surface area contributed by atoms with Gasteiger partial charge in [0.05, 0.1) is 13.5 Å². The smallest absolute Gasteiger partial charge is 0.305 e. The molecule has 0 aromatic heterocycles. The summed E-state index contributed by atoms with van der Waals surface area (Å²) in [5, 5.41) is 0. The van der Waals surface area contributed by atoms with E-state index in [9.17, 15) is 4.79 Å². The first-order valence-corrected chi connectivity index (χ1v) is 5.08. The summed E-state index contributed by atoms with van der Waals surface area (Å²) in [6.45, 7) is 2.72. The fourth-order valence-electron chi connectivity index (χ4n) is 0.539. The molecule has 3 nitrogen and oxygen atoms in total. The van der Waals surface area contributed by atoms with Crippen LogP contribution in [-0.2, 0) is 14.3 Å². The van der Waals surface area contributed by atoms with E-state index >= 15 is 0 Å². The van der Waals surface area contributed by atoms with Crippen LogP contribution in [0, 0.1) is 0 Å². The van der Waals surface area contributed by atoms with Gasteiger partial charge < -0.3 is 9.47 Å². The fourth-order valence-corrected chi connectivity index (χ4v) is 1.41. The van der Waals surface area contributed by atoms with Crippen molar-refractivity contribution in [1.82, 2.24) is 0 Å². The van der Waals surface area contributed by atoms with Gasteiger partial charge in [-0.15, -0.1) is 0 Å². The number of rotatable bonds is 6. The lowest BCUT2D eigenvalue weighted by Gasteiger charge is -2.00. The van der Waals surface area contributed by atoms with Crippen LogP contribution in [0.4, 0.5) is 0 Å². The Morgan fingerprint density at radius 1 is 1.55 bits per heavy atom. The van der Waals surface area contributed by atoms with Gasteiger partial charge in [-0.05, 0) is 13.1 Å². The summed E-state index contributed by atoms with van der Waals surface area (Å²) in [4.78, 5) is 10.6. The summed E-state index contributed by atoms with van der Waals surface area (Å²) in [7, 11) is 2.12. The number of ether oxygens (including phenoxy) is 2. The Bertz CT molecular complexity index is 106. The van der Waals surface area contributed by atoms with E-state index in [0.717, 1.165) is 19.1 Å². The SMILES string of the molecule is CCOCPCCC(=O)OC. The van der Waals surface area contributed by atoms with E-state index in [1.165, 1.54) is 7.11 Å². The highest BCUT2D eigenvalue weighted by atomic mass is 31.1. The summed E-state index contributed by atoms with van der Waals surface area (Å²) in [5.74, 6) is -0.131. The largest absolute Gasteiger partial charge is 0.469 e. The quantitative estimate of drug-likeness (QED) is 0.348. The molecular formula is C7H15O3P. The summed E-state index contributed by atoms with van der Waals surface area (Å²) < 4.78 is 9.59. The van der Waals surface area contributed by atoms with Crippen LogP contribution in [0.5, 0.6) is 0 Å². The Morgan fingerprint density at radius 2 is 2.27 bits per heavy atom. The second-order valence-electron chi connectivity index (χ2n) is 1.96. The standard InChI is InChI=1S/C7H15O3P/c1-3-10-6-11-5-4-7(8)9-2/h11H,3-6H2,1-2H3. The minimum Gasteiger partial charge on any atom is -0.469 e. The first-order valence-electron chi connectivity index (χ1n) is 3.66. The molecule has 0 amide bonds. The van der Waals surface area contributed by atoms with Crippen LogP contribution in [0.1, 0.15) is 13.3 Å². The van der Waals surface area contributed by atoms with Gasteiger partial charge in [-0.25, -0.2) is 0 Å². The van der Waals surface area contributed by atoms with Crippen LogP contribution < -0.4 is 0 Å². The highest BCUT2D eigenvalue weighted by Crippen LogP contribution is 2.11. The lowest BCUT2D eigenvalue weighted by Crippen LogP contribution is -2.01. The zero-order valence-electron chi connectivity index (χ0n) is 7.05.